The van der Waals surface area contributed by atoms with E-state index in [4.69, 9.17) is 11.5 Å². The van der Waals surface area contributed by atoms with Crippen LogP contribution in [0.5, 0.6) is 0 Å². The molecule has 27 heavy (non-hydrogen) atoms. The molecule has 1 fully saturated rings. The van der Waals surface area contributed by atoms with E-state index in [2.05, 4.69) is 20.2 Å². The number of nitrogens with zero attached hydrogens (tertiary/aromatic N) is 3. The Balaban J connectivity index is 1.63. The SMILES string of the molecule is Nc1sc2cccnc2c1C(=O)Nc1cnccc1N1CCC[C@H](N)CC1. The molecular formula is C19H22N6OS. The summed E-state index contributed by atoms with van der Waals surface area (Å²) in [4.78, 5) is 23.8. The Bertz CT molecular complexity index is 972. The molecule has 1 saturated heterocycles. The average molecular weight is 382 g/mol. The van der Waals surface area contributed by atoms with E-state index < -0.39 is 0 Å². The maximum atomic E-state index is 13.0. The molecule has 0 saturated carbocycles. The number of pyridine rings is 2. The van der Waals surface area contributed by atoms with Crippen molar-refractivity contribution in [3.63, 3.8) is 0 Å². The van der Waals surface area contributed by atoms with Crippen molar-refractivity contribution in [3.05, 3.63) is 42.4 Å². The first-order chi connectivity index (χ1) is 13.1. The lowest BCUT2D eigenvalue weighted by molar-refractivity contribution is 0.102. The molecular weight excluding hydrogens is 360 g/mol. The van der Waals surface area contributed by atoms with Crippen LogP contribution >= 0.6 is 11.3 Å². The molecule has 1 aliphatic heterocycles. The molecule has 7 nitrogen and oxygen atoms in total. The van der Waals surface area contributed by atoms with Crippen LogP contribution in [-0.4, -0.2) is 35.0 Å². The molecule has 5 N–H and O–H groups in total. The Morgan fingerprint density at radius 1 is 1.26 bits per heavy atom. The zero-order valence-electron chi connectivity index (χ0n) is 14.9. The molecule has 1 atom stereocenters. The summed E-state index contributed by atoms with van der Waals surface area (Å²) in [7, 11) is 0. The van der Waals surface area contributed by atoms with Crippen LogP contribution in [0.25, 0.3) is 10.2 Å². The van der Waals surface area contributed by atoms with E-state index in [0.717, 1.165) is 42.7 Å². The number of rotatable bonds is 3. The predicted molar refractivity (Wildman–Crippen MR) is 110 cm³/mol. The first kappa shape index (κ1) is 17.7. The summed E-state index contributed by atoms with van der Waals surface area (Å²) >= 11 is 1.37. The van der Waals surface area contributed by atoms with Gasteiger partial charge in [0.2, 0.25) is 0 Å². The maximum absolute atomic E-state index is 13.0. The molecule has 4 rings (SSSR count). The third-order valence-corrected chi connectivity index (χ3v) is 5.83. The Morgan fingerprint density at radius 3 is 3.04 bits per heavy atom. The third-order valence-electron chi connectivity index (χ3n) is 4.86. The van der Waals surface area contributed by atoms with Gasteiger partial charge < -0.3 is 21.7 Å². The summed E-state index contributed by atoms with van der Waals surface area (Å²) in [6.07, 6.45) is 8.07. The second-order valence-corrected chi connectivity index (χ2v) is 7.80. The zero-order valence-corrected chi connectivity index (χ0v) is 15.7. The number of nitrogens with one attached hydrogen (secondary N) is 1. The number of nitrogen functional groups attached to an aromatic ring is 1. The molecule has 0 aliphatic carbocycles. The summed E-state index contributed by atoms with van der Waals surface area (Å²) in [5.41, 5.74) is 14.9. The highest BCUT2D eigenvalue weighted by atomic mass is 32.1. The Kier molecular flexibility index (Phi) is 4.91. The van der Waals surface area contributed by atoms with Crippen molar-refractivity contribution >= 4 is 43.8 Å². The molecule has 0 bridgehead atoms. The van der Waals surface area contributed by atoms with Crippen LogP contribution in [0.4, 0.5) is 16.4 Å². The molecule has 4 heterocycles. The minimum atomic E-state index is -0.266. The molecule has 140 valence electrons. The fourth-order valence-electron chi connectivity index (χ4n) is 3.47. The minimum absolute atomic E-state index is 0.234. The van der Waals surface area contributed by atoms with Crippen molar-refractivity contribution in [3.8, 4) is 0 Å². The second kappa shape index (κ2) is 7.50. The van der Waals surface area contributed by atoms with Crippen LogP contribution in [0, 0.1) is 0 Å². The van der Waals surface area contributed by atoms with Gasteiger partial charge in [0.1, 0.15) is 10.6 Å². The highest BCUT2D eigenvalue weighted by molar-refractivity contribution is 7.23. The Labute approximate surface area is 161 Å². The zero-order chi connectivity index (χ0) is 18.8. The van der Waals surface area contributed by atoms with Crippen molar-refractivity contribution < 1.29 is 4.79 Å². The summed E-state index contributed by atoms with van der Waals surface area (Å²) in [5.74, 6) is -0.266. The van der Waals surface area contributed by atoms with Crippen LogP contribution in [0.2, 0.25) is 0 Å². The molecule has 1 aliphatic rings. The van der Waals surface area contributed by atoms with E-state index in [9.17, 15) is 4.79 Å². The molecule has 1 amide bonds. The van der Waals surface area contributed by atoms with Gasteiger partial charge in [-0.1, -0.05) is 0 Å². The number of anilines is 3. The van der Waals surface area contributed by atoms with Gasteiger partial charge in [0, 0.05) is 31.5 Å². The molecule has 0 unspecified atom stereocenters. The lowest BCUT2D eigenvalue weighted by Crippen LogP contribution is -2.27. The fourth-order valence-corrected chi connectivity index (χ4v) is 4.40. The number of carbonyl (C=O) groups is 1. The first-order valence-corrected chi connectivity index (χ1v) is 9.84. The molecule has 8 heteroatoms. The van der Waals surface area contributed by atoms with Crippen LogP contribution in [0.3, 0.4) is 0 Å². The standard InChI is InChI=1S/C19H22N6OS/c20-12-3-2-9-25(10-6-12)14-5-8-22-11-13(14)24-19(26)16-17-15(27-18(16)21)4-1-7-23-17/h1,4-5,7-8,11-12H,2-3,6,9-10,20-21H2,(H,24,26)/t12-/m0/s1. The highest BCUT2D eigenvalue weighted by Gasteiger charge is 2.21. The third kappa shape index (κ3) is 3.58. The normalized spacial score (nSPS) is 17.7. The van der Waals surface area contributed by atoms with Crippen molar-refractivity contribution in [1.82, 2.24) is 9.97 Å². The van der Waals surface area contributed by atoms with Gasteiger partial charge in [-0.25, -0.2) is 0 Å². The largest absolute Gasteiger partial charge is 0.390 e. The summed E-state index contributed by atoms with van der Waals surface area (Å²) < 4.78 is 0.896. The Morgan fingerprint density at radius 2 is 2.15 bits per heavy atom. The number of amides is 1. The molecule has 3 aromatic heterocycles. The number of hydrogen-bond donors (Lipinski definition) is 3. The van der Waals surface area contributed by atoms with Gasteiger partial charge in [0.15, 0.2) is 0 Å². The Hall–Kier alpha value is -2.71. The fraction of sp³-hybridized carbons (Fsp3) is 0.316. The van der Waals surface area contributed by atoms with Crippen molar-refractivity contribution in [2.45, 2.75) is 25.3 Å². The van der Waals surface area contributed by atoms with E-state index in [1.165, 1.54) is 11.3 Å². The monoisotopic (exact) mass is 382 g/mol. The summed E-state index contributed by atoms with van der Waals surface area (Å²) in [6, 6.07) is 5.91. The molecule has 0 radical (unpaired) electrons. The van der Waals surface area contributed by atoms with Crippen LogP contribution < -0.4 is 21.7 Å². The topological polar surface area (TPSA) is 110 Å². The van der Waals surface area contributed by atoms with Gasteiger partial charge in [-0.15, -0.1) is 11.3 Å². The van der Waals surface area contributed by atoms with Gasteiger partial charge in [0.25, 0.3) is 5.91 Å². The van der Waals surface area contributed by atoms with Gasteiger partial charge >= 0.3 is 0 Å². The average Bonchev–Trinajstić information content (AvgIpc) is 2.85. The number of thiophene rings is 1. The van der Waals surface area contributed by atoms with E-state index >= 15 is 0 Å². The second-order valence-electron chi connectivity index (χ2n) is 6.72. The summed E-state index contributed by atoms with van der Waals surface area (Å²) in [6.45, 7) is 1.77. The minimum Gasteiger partial charge on any atom is -0.390 e. The number of hydrogen-bond acceptors (Lipinski definition) is 7. The van der Waals surface area contributed by atoms with Crippen LogP contribution in [-0.2, 0) is 0 Å². The van der Waals surface area contributed by atoms with Crippen LogP contribution in [0.15, 0.2) is 36.8 Å². The van der Waals surface area contributed by atoms with E-state index in [-0.39, 0.29) is 11.9 Å². The highest BCUT2D eigenvalue weighted by Crippen LogP contribution is 2.33. The van der Waals surface area contributed by atoms with Gasteiger partial charge in [-0.3, -0.25) is 14.8 Å². The molecule has 3 aromatic rings. The number of carbonyl (C=O) groups excluding carboxylic acids is 1. The number of aromatic nitrogens is 2. The van der Waals surface area contributed by atoms with E-state index in [0.29, 0.717) is 21.8 Å². The first-order valence-electron chi connectivity index (χ1n) is 9.02. The lowest BCUT2D eigenvalue weighted by Gasteiger charge is -2.25. The smallest absolute Gasteiger partial charge is 0.260 e. The predicted octanol–water partition coefficient (Wildman–Crippen LogP) is 2.84. The van der Waals surface area contributed by atoms with Crippen molar-refractivity contribution in [2.75, 3.05) is 29.0 Å². The molecule has 0 spiro atoms. The van der Waals surface area contributed by atoms with Gasteiger partial charge in [0.05, 0.1) is 27.8 Å². The summed E-state index contributed by atoms with van der Waals surface area (Å²) in [5, 5.41) is 3.45. The quantitative estimate of drug-likeness (QED) is 0.642. The van der Waals surface area contributed by atoms with Gasteiger partial charge in [-0.05, 0) is 37.5 Å². The maximum Gasteiger partial charge on any atom is 0.260 e. The van der Waals surface area contributed by atoms with E-state index in [1.54, 1.807) is 18.6 Å². The number of nitrogens with two attached hydrogens (primary N) is 2. The van der Waals surface area contributed by atoms with E-state index in [1.807, 2.05) is 18.2 Å². The number of fused-ring (bicyclic) bond motifs is 1. The molecule has 0 aromatic carbocycles. The lowest BCUT2D eigenvalue weighted by atomic mass is 10.1. The van der Waals surface area contributed by atoms with Crippen LogP contribution in [0.1, 0.15) is 29.6 Å². The van der Waals surface area contributed by atoms with Gasteiger partial charge in [-0.2, -0.15) is 0 Å². The van der Waals surface area contributed by atoms with Crippen molar-refractivity contribution in [2.24, 2.45) is 5.73 Å². The van der Waals surface area contributed by atoms with Crippen molar-refractivity contribution in [1.29, 1.82) is 0 Å².